The average molecular weight is 654 g/mol. The molecule has 1 saturated heterocycles. The number of primary amides is 1. The normalized spacial score (nSPS) is 23.4. The van der Waals surface area contributed by atoms with Crippen LogP contribution in [0.1, 0.15) is 79.7 Å². The molecule has 5 amide bonds. The first-order valence-electron chi connectivity index (χ1n) is 16.7. The van der Waals surface area contributed by atoms with Crippen LogP contribution in [0.2, 0.25) is 0 Å². The minimum absolute atomic E-state index is 0.0540. The number of hydrogen-bond donors (Lipinski definition) is 4. The van der Waals surface area contributed by atoms with Crippen molar-refractivity contribution in [3.05, 3.63) is 35.9 Å². The van der Waals surface area contributed by atoms with Gasteiger partial charge in [-0.05, 0) is 46.5 Å². The molecule has 1 unspecified atom stereocenters. The molecule has 2 saturated carbocycles. The predicted molar refractivity (Wildman–Crippen MR) is 174 cm³/mol. The van der Waals surface area contributed by atoms with E-state index >= 15 is 0 Å². The van der Waals surface area contributed by atoms with Crippen LogP contribution in [0.4, 0.5) is 4.79 Å². The molecule has 3 aliphatic rings. The molecule has 12 heteroatoms. The van der Waals surface area contributed by atoms with Crippen molar-refractivity contribution in [2.24, 2.45) is 40.2 Å². The molecule has 12 nitrogen and oxygen atoms in total. The fourth-order valence-corrected chi connectivity index (χ4v) is 6.98. The molecule has 1 aromatic rings. The minimum Gasteiger partial charge on any atom is -0.459 e. The topological polar surface area (TPSA) is 177 Å². The highest BCUT2D eigenvalue weighted by Gasteiger charge is 2.70. The summed E-state index contributed by atoms with van der Waals surface area (Å²) in [5.74, 6) is -3.69. The number of nitrogens with one attached hydrogen (secondary N) is 3. The van der Waals surface area contributed by atoms with Crippen LogP contribution in [0.15, 0.2) is 30.3 Å². The van der Waals surface area contributed by atoms with Crippen LogP contribution in [0.25, 0.3) is 0 Å². The second-order valence-corrected chi connectivity index (χ2v) is 15.4. The Morgan fingerprint density at radius 1 is 1.00 bits per heavy atom. The van der Waals surface area contributed by atoms with Gasteiger partial charge in [-0.25, -0.2) is 9.59 Å². The summed E-state index contributed by atoms with van der Waals surface area (Å²) in [5.41, 5.74) is 5.16. The zero-order chi connectivity index (χ0) is 34.8. The monoisotopic (exact) mass is 653 g/mol. The van der Waals surface area contributed by atoms with Crippen LogP contribution >= 0.6 is 0 Å². The second-order valence-electron chi connectivity index (χ2n) is 15.4. The van der Waals surface area contributed by atoms with E-state index in [2.05, 4.69) is 16.0 Å². The third kappa shape index (κ3) is 8.13. The predicted octanol–water partition coefficient (Wildman–Crippen LogP) is 2.68. The second kappa shape index (κ2) is 14.0. The summed E-state index contributed by atoms with van der Waals surface area (Å²) in [7, 11) is 0. The lowest BCUT2D eigenvalue weighted by molar-refractivity contribution is -0.148. The van der Waals surface area contributed by atoms with E-state index in [1.54, 1.807) is 34.6 Å². The standard InChI is InChI=1S/C35H51N5O7/c1-19(2)25(32(45)47-18-21-12-9-8-10-13-21)38-33(46)39-28(34(3,4)5)31(44)40-17-22-24(35(22,6)7)26(40)30(43)37-23(27(41)29(36)42)16-20-14-11-15-20/h8-10,12-13,19-20,22-26,28H,11,14-18H2,1-7H3,(H2,36,42)(H,37,43)(H2,38,39,46)/t22-,23?,24-,25+,26-,28+/m0/s1. The number of piperidine rings is 1. The van der Waals surface area contributed by atoms with Gasteiger partial charge in [0.1, 0.15) is 24.7 Å². The molecular weight excluding hydrogens is 602 g/mol. The molecule has 1 aromatic carbocycles. The molecule has 4 rings (SSSR count). The molecule has 0 spiro atoms. The van der Waals surface area contributed by atoms with Crippen LogP contribution in [-0.4, -0.2) is 71.1 Å². The number of ether oxygens (including phenoxy) is 1. The number of carbonyl (C=O) groups is 6. The van der Waals surface area contributed by atoms with Crippen molar-refractivity contribution in [3.63, 3.8) is 0 Å². The van der Waals surface area contributed by atoms with Gasteiger partial charge in [0.2, 0.25) is 17.6 Å². The molecule has 1 aliphatic heterocycles. The highest BCUT2D eigenvalue weighted by atomic mass is 16.5. The van der Waals surface area contributed by atoms with Crippen molar-refractivity contribution in [1.82, 2.24) is 20.9 Å². The number of hydrogen-bond acceptors (Lipinski definition) is 7. The maximum Gasteiger partial charge on any atom is 0.329 e. The van der Waals surface area contributed by atoms with E-state index in [-0.39, 0.29) is 35.7 Å². The number of urea groups is 1. The van der Waals surface area contributed by atoms with E-state index < -0.39 is 65.1 Å². The zero-order valence-corrected chi connectivity index (χ0v) is 28.6. The number of esters is 1. The Morgan fingerprint density at radius 3 is 2.17 bits per heavy atom. The van der Waals surface area contributed by atoms with Gasteiger partial charge in [-0.3, -0.25) is 19.2 Å². The highest BCUT2D eigenvalue weighted by molar-refractivity contribution is 6.37. The molecule has 5 N–H and O–H groups in total. The van der Waals surface area contributed by atoms with E-state index in [4.69, 9.17) is 10.5 Å². The van der Waals surface area contributed by atoms with Crippen LogP contribution in [-0.2, 0) is 35.3 Å². The number of likely N-dealkylation sites (tertiary alicyclic amines) is 1. The van der Waals surface area contributed by atoms with E-state index in [0.717, 1.165) is 24.8 Å². The Labute approximate surface area is 277 Å². The molecular formula is C35H51N5O7. The van der Waals surface area contributed by atoms with Gasteiger partial charge in [0.15, 0.2) is 0 Å². The lowest BCUT2D eigenvalue weighted by Crippen LogP contribution is -2.62. The summed E-state index contributed by atoms with van der Waals surface area (Å²) < 4.78 is 5.47. The number of Topliss-reactive ketones (excluding diaryl/α,β-unsaturated/α-hetero) is 1. The quantitative estimate of drug-likeness (QED) is 0.187. The van der Waals surface area contributed by atoms with Crippen molar-refractivity contribution in [2.45, 2.75) is 105 Å². The van der Waals surface area contributed by atoms with E-state index in [1.165, 1.54) is 4.90 Å². The smallest absolute Gasteiger partial charge is 0.329 e. The van der Waals surface area contributed by atoms with E-state index in [1.807, 2.05) is 44.2 Å². The number of fused-ring (bicyclic) bond motifs is 1. The number of nitrogens with two attached hydrogens (primary N) is 1. The number of ketones is 1. The summed E-state index contributed by atoms with van der Waals surface area (Å²) >= 11 is 0. The maximum absolute atomic E-state index is 14.3. The van der Waals surface area contributed by atoms with Gasteiger partial charge in [0.25, 0.3) is 5.91 Å². The van der Waals surface area contributed by atoms with Crippen LogP contribution < -0.4 is 21.7 Å². The largest absolute Gasteiger partial charge is 0.459 e. The maximum atomic E-state index is 14.3. The first-order valence-corrected chi connectivity index (χ1v) is 16.7. The van der Waals surface area contributed by atoms with Gasteiger partial charge in [-0.2, -0.15) is 0 Å². The van der Waals surface area contributed by atoms with Crippen LogP contribution in [0.5, 0.6) is 0 Å². The number of rotatable bonds is 13. The summed E-state index contributed by atoms with van der Waals surface area (Å²) in [6.45, 7) is 13.4. The molecule has 0 bridgehead atoms. The summed E-state index contributed by atoms with van der Waals surface area (Å²) in [6.07, 6.45) is 3.17. The van der Waals surface area contributed by atoms with Gasteiger partial charge in [0, 0.05) is 6.54 Å². The lowest BCUT2D eigenvalue weighted by atomic mass is 9.80. The fraction of sp³-hybridized carbons (Fsp3) is 0.657. The van der Waals surface area contributed by atoms with Crippen molar-refractivity contribution < 1.29 is 33.5 Å². The van der Waals surface area contributed by atoms with Gasteiger partial charge < -0.3 is 31.3 Å². The number of amides is 5. The molecule has 0 radical (unpaired) electrons. The van der Waals surface area contributed by atoms with Gasteiger partial charge >= 0.3 is 12.0 Å². The van der Waals surface area contributed by atoms with Crippen molar-refractivity contribution >= 4 is 35.5 Å². The SMILES string of the molecule is CC(C)[C@@H](NC(=O)N[C@H](C(=O)N1C[C@H]2[C@@H]([C@H]1C(=O)NC(CC1CCC1)C(=O)C(N)=O)C2(C)C)C(C)(C)C)C(=O)OCc1ccccc1. The van der Waals surface area contributed by atoms with E-state index in [9.17, 15) is 28.8 Å². The number of nitrogens with zero attached hydrogens (tertiary/aromatic N) is 1. The van der Waals surface area contributed by atoms with Crippen molar-refractivity contribution in [3.8, 4) is 0 Å². The van der Waals surface area contributed by atoms with Crippen LogP contribution in [0, 0.1) is 34.5 Å². The van der Waals surface area contributed by atoms with Gasteiger partial charge in [0.05, 0.1) is 6.04 Å². The Bertz CT molecular complexity index is 1370. The van der Waals surface area contributed by atoms with E-state index in [0.29, 0.717) is 13.0 Å². The Hall–Kier alpha value is -3.96. The Balaban J connectivity index is 1.48. The molecule has 258 valence electrons. The molecule has 2 aliphatic carbocycles. The molecule has 47 heavy (non-hydrogen) atoms. The molecule has 0 aromatic heterocycles. The first-order chi connectivity index (χ1) is 21.9. The highest BCUT2D eigenvalue weighted by Crippen LogP contribution is 2.65. The third-order valence-corrected chi connectivity index (χ3v) is 10.2. The Kier molecular flexibility index (Phi) is 10.7. The summed E-state index contributed by atoms with van der Waals surface area (Å²) in [5, 5.41) is 8.24. The van der Waals surface area contributed by atoms with Gasteiger partial charge in [-0.1, -0.05) is 98.1 Å². The molecule has 6 atom stereocenters. The lowest BCUT2D eigenvalue weighted by Gasteiger charge is -2.38. The molecule has 3 fully saturated rings. The fourth-order valence-electron chi connectivity index (χ4n) is 6.98. The Morgan fingerprint density at radius 2 is 1.64 bits per heavy atom. The third-order valence-electron chi connectivity index (χ3n) is 10.2. The molecule has 1 heterocycles. The number of benzene rings is 1. The number of carbonyl (C=O) groups excluding carboxylic acids is 6. The minimum atomic E-state index is -1.11. The van der Waals surface area contributed by atoms with Crippen molar-refractivity contribution in [1.29, 1.82) is 0 Å². The summed E-state index contributed by atoms with van der Waals surface area (Å²) in [4.78, 5) is 80.5. The first kappa shape index (κ1) is 35.9. The zero-order valence-electron chi connectivity index (χ0n) is 28.6. The average Bonchev–Trinajstić information content (AvgIpc) is 3.28. The van der Waals surface area contributed by atoms with Crippen LogP contribution in [0.3, 0.4) is 0 Å². The van der Waals surface area contributed by atoms with Crippen molar-refractivity contribution in [2.75, 3.05) is 6.54 Å². The van der Waals surface area contributed by atoms with Gasteiger partial charge in [-0.15, -0.1) is 0 Å². The summed E-state index contributed by atoms with van der Waals surface area (Å²) in [6, 6.07) is 4.52.